The van der Waals surface area contributed by atoms with Gasteiger partial charge in [-0.05, 0) is 168 Å². The van der Waals surface area contributed by atoms with Gasteiger partial charge in [-0.1, -0.05) is 147 Å². The highest BCUT2D eigenvalue weighted by atomic mass is 32.1. The Morgan fingerprint density at radius 3 is 2.50 bits per heavy atom. The van der Waals surface area contributed by atoms with Crippen LogP contribution in [0.1, 0.15) is 105 Å². The summed E-state index contributed by atoms with van der Waals surface area (Å²) in [4.78, 5) is 12.3. The van der Waals surface area contributed by atoms with E-state index in [9.17, 15) is 0 Å². The first-order valence-corrected chi connectivity index (χ1v) is 24.9. The van der Waals surface area contributed by atoms with Crippen molar-refractivity contribution in [2.24, 2.45) is 39.6 Å². The Kier molecular flexibility index (Phi) is 11.5. The smallest absolute Gasteiger partial charge is 0.148 e. The second-order valence-electron chi connectivity index (χ2n) is 18.8. The van der Waals surface area contributed by atoms with E-state index in [-0.39, 0.29) is 12.1 Å². The van der Waals surface area contributed by atoms with Crippen molar-refractivity contribution in [3.8, 4) is 11.1 Å². The highest BCUT2D eigenvalue weighted by molar-refractivity contribution is 7.20. The Hall–Kier alpha value is -5.84. The van der Waals surface area contributed by atoms with E-state index < -0.39 is 0 Å². The van der Waals surface area contributed by atoms with Crippen molar-refractivity contribution in [3.05, 3.63) is 202 Å². The van der Waals surface area contributed by atoms with Gasteiger partial charge < -0.3 is 5.32 Å². The number of fused-ring (bicyclic) bond motifs is 7. The lowest BCUT2D eigenvalue weighted by atomic mass is 9.59. The summed E-state index contributed by atoms with van der Waals surface area (Å²) in [6, 6.07) is 14.5. The van der Waals surface area contributed by atoms with Gasteiger partial charge in [0.1, 0.15) is 17.8 Å². The zero-order chi connectivity index (χ0) is 43.0. The molecule has 0 amide bonds. The van der Waals surface area contributed by atoms with Crippen molar-refractivity contribution in [1.82, 2.24) is 5.32 Å². The van der Waals surface area contributed by atoms with E-state index >= 15 is 0 Å². The number of aliphatic imine (C=N–C) groups is 2. The molecule has 6 unspecified atom stereocenters. The molecule has 2 heterocycles. The molecule has 3 nitrogen and oxygen atoms in total. The van der Waals surface area contributed by atoms with Gasteiger partial charge in [-0.3, -0.25) is 0 Å². The third kappa shape index (κ3) is 7.89. The Morgan fingerprint density at radius 2 is 1.70 bits per heavy atom. The van der Waals surface area contributed by atoms with Crippen LogP contribution >= 0.6 is 11.3 Å². The van der Waals surface area contributed by atoms with E-state index in [1.165, 1.54) is 53.9 Å². The number of rotatable bonds is 9. The molecule has 320 valence electrons. The lowest BCUT2D eigenvalue weighted by Gasteiger charge is -2.45. The summed E-state index contributed by atoms with van der Waals surface area (Å²) in [6.07, 6.45) is 58.4. The minimum absolute atomic E-state index is 0.135. The molecule has 0 fully saturated rings. The number of benzene rings is 2. The van der Waals surface area contributed by atoms with Gasteiger partial charge in [0.15, 0.2) is 0 Å². The van der Waals surface area contributed by atoms with Gasteiger partial charge >= 0.3 is 0 Å². The molecule has 1 aromatic heterocycles. The molecule has 2 aromatic carbocycles. The molecule has 3 aromatic rings. The van der Waals surface area contributed by atoms with E-state index in [1.54, 1.807) is 16.7 Å². The topological polar surface area (TPSA) is 36.8 Å². The van der Waals surface area contributed by atoms with E-state index in [4.69, 9.17) is 9.98 Å². The molecule has 0 saturated heterocycles. The van der Waals surface area contributed by atoms with Crippen molar-refractivity contribution < 1.29 is 0 Å². The van der Waals surface area contributed by atoms with Crippen LogP contribution in [0.4, 0.5) is 0 Å². The molecular formula is C60H59N3S. The average molecular weight is 854 g/mol. The first-order valence-electron chi connectivity index (χ1n) is 24.0. The summed E-state index contributed by atoms with van der Waals surface area (Å²) in [6.45, 7) is 4.46. The SMILES string of the molecule is C/C=C\C(=C/C(C)C1=CCCC=C1)c1ccc(-c2ccc3sc4c(c3c2)C2C(C=C4)C=C(C3=CC=CCC3)[C@H]3CC=CCC23)c(C2N=C(C3C=CC=CC3)N=C(C3=CC=CCC3)N2)c1. The van der Waals surface area contributed by atoms with Crippen LogP contribution in [-0.2, 0) is 0 Å². The maximum Gasteiger partial charge on any atom is 0.148 e. The lowest BCUT2D eigenvalue weighted by Crippen LogP contribution is -2.36. The van der Waals surface area contributed by atoms with E-state index in [1.807, 2.05) is 11.3 Å². The number of amidine groups is 2. The predicted octanol–water partition coefficient (Wildman–Crippen LogP) is 15.8. The van der Waals surface area contributed by atoms with Crippen LogP contribution in [0, 0.1) is 29.6 Å². The van der Waals surface area contributed by atoms with Crippen molar-refractivity contribution in [2.75, 3.05) is 0 Å². The fourth-order valence-electron chi connectivity index (χ4n) is 11.6. The van der Waals surface area contributed by atoms with Crippen LogP contribution in [-0.4, -0.2) is 11.7 Å². The van der Waals surface area contributed by atoms with Crippen molar-refractivity contribution in [2.45, 2.75) is 83.7 Å². The molecule has 7 aliphatic carbocycles. The van der Waals surface area contributed by atoms with Crippen LogP contribution in [0.5, 0.6) is 0 Å². The molecular weight excluding hydrogens is 795 g/mol. The average Bonchev–Trinajstić information content (AvgIpc) is 3.75. The Balaban J connectivity index is 1.05. The van der Waals surface area contributed by atoms with Crippen LogP contribution < -0.4 is 5.32 Å². The highest BCUT2D eigenvalue weighted by Crippen LogP contribution is 2.57. The van der Waals surface area contributed by atoms with Gasteiger partial charge in [0, 0.05) is 27.0 Å². The second kappa shape index (κ2) is 18.0. The summed E-state index contributed by atoms with van der Waals surface area (Å²) in [7, 11) is 0. The quantitative estimate of drug-likeness (QED) is 0.169. The molecule has 0 spiro atoms. The fourth-order valence-corrected chi connectivity index (χ4v) is 12.7. The maximum absolute atomic E-state index is 5.56. The largest absolute Gasteiger partial charge is 0.344 e. The minimum atomic E-state index is -0.308. The number of nitrogens with one attached hydrogen (secondary N) is 1. The molecule has 4 heteroatoms. The highest BCUT2D eigenvalue weighted by Gasteiger charge is 2.44. The summed E-state index contributed by atoms with van der Waals surface area (Å²) >= 11 is 1.98. The fraction of sp³-hybridized carbons (Fsp3) is 0.300. The molecule has 11 rings (SSSR count). The Morgan fingerprint density at radius 1 is 0.828 bits per heavy atom. The molecule has 64 heavy (non-hydrogen) atoms. The molecule has 0 bridgehead atoms. The minimum Gasteiger partial charge on any atom is -0.344 e. The third-order valence-electron chi connectivity index (χ3n) is 14.8. The molecule has 8 aliphatic rings. The van der Waals surface area contributed by atoms with Crippen molar-refractivity contribution >= 4 is 44.7 Å². The Labute approximate surface area is 384 Å². The van der Waals surface area contributed by atoms with Gasteiger partial charge in [0.25, 0.3) is 0 Å². The monoisotopic (exact) mass is 853 g/mol. The Bertz CT molecular complexity index is 2840. The van der Waals surface area contributed by atoms with Crippen molar-refractivity contribution in [1.29, 1.82) is 0 Å². The number of nitrogens with zero attached hydrogens (tertiary/aromatic N) is 2. The first kappa shape index (κ1) is 40.9. The predicted molar refractivity (Wildman–Crippen MR) is 274 cm³/mol. The van der Waals surface area contributed by atoms with Gasteiger partial charge in [0.05, 0.1) is 0 Å². The molecule has 0 radical (unpaired) electrons. The molecule has 1 aliphatic heterocycles. The molecule has 1 N–H and O–H groups in total. The van der Waals surface area contributed by atoms with Crippen LogP contribution in [0.25, 0.3) is 32.9 Å². The first-order chi connectivity index (χ1) is 31.6. The zero-order valence-corrected chi connectivity index (χ0v) is 38.1. The third-order valence-corrected chi connectivity index (χ3v) is 15.9. The zero-order valence-electron chi connectivity index (χ0n) is 37.3. The number of allylic oxidation sites excluding steroid dienone is 23. The van der Waals surface area contributed by atoms with Crippen LogP contribution in [0.15, 0.2) is 190 Å². The number of hydrogen-bond acceptors (Lipinski definition) is 4. The van der Waals surface area contributed by atoms with Crippen molar-refractivity contribution in [3.63, 3.8) is 0 Å². The standard InChI is InChI=1S/C60H59N3S/c1-3-18-44(35-39(2)40-19-8-4-9-20-40)45-29-32-48(52(36-45)60-62-58(42-23-12-6-13-24-42)61-59(63-60)43-25-14-7-15-26-43)46-30-33-54-53(37-46)57-55(64-54)34-31-47-38-51(41-21-10-5-11-22-41)49-27-16-17-28-50(49)56(47)57/h3,5-8,10,12-14,16-21,23,25,29-39,42,47,49-50,56,60H,4,9,11,15,22,24,26-28H2,1-2H3,(H,61,62,63)/b18-3-,44-35+/t39?,42?,47?,49-,50?,56?,60?/m0/s1. The second-order valence-corrected chi connectivity index (χ2v) is 19.8. The van der Waals surface area contributed by atoms with Gasteiger partial charge in [-0.2, -0.15) is 0 Å². The van der Waals surface area contributed by atoms with Gasteiger partial charge in [-0.15, -0.1) is 11.3 Å². The van der Waals surface area contributed by atoms with Crippen LogP contribution in [0.2, 0.25) is 0 Å². The summed E-state index contributed by atoms with van der Waals surface area (Å²) in [5.74, 6) is 4.32. The molecule has 0 saturated carbocycles. The molecule has 7 atom stereocenters. The normalized spacial score (nSPS) is 27.5. The van der Waals surface area contributed by atoms with Crippen LogP contribution in [0.3, 0.4) is 0 Å². The number of hydrogen-bond donors (Lipinski definition) is 1. The van der Waals surface area contributed by atoms with E-state index in [2.05, 4.69) is 183 Å². The number of thiophene rings is 1. The summed E-state index contributed by atoms with van der Waals surface area (Å²) in [5.41, 5.74) is 13.5. The maximum atomic E-state index is 5.56. The summed E-state index contributed by atoms with van der Waals surface area (Å²) < 4.78 is 1.38. The van der Waals surface area contributed by atoms with E-state index in [0.29, 0.717) is 29.6 Å². The van der Waals surface area contributed by atoms with Gasteiger partial charge in [-0.25, -0.2) is 9.98 Å². The summed E-state index contributed by atoms with van der Waals surface area (Å²) in [5, 5.41) is 5.35. The van der Waals surface area contributed by atoms with Gasteiger partial charge in [0.2, 0.25) is 0 Å². The van der Waals surface area contributed by atoms with E-state index in [0.717, 1.165) is 69.5 Å². The lowest BCUT2D eigenvalue weighted by molar-refractivity contribution is 0.263.